The summed E-state index contributed by atoms with van der Waals surface area (Å²) in [6.45, 7) is 1.83. The zero-order valence-corrected chi connectivity index (χ0v) is 15.0. The summed E-state index contributed by atoms with van der Waals surface area (Å²) in [5, 5.41) is 9.55. The molecule has 0 spiro atoms. The molecule has 130 valence electrons. The van der Waals surface area contributed by atoms with Gasteiger partial charge < -0.3 is 4.90 Å². The van der Waals surface area contributed by atoms with E-state index in [9.17, 15) is 0 Å². The van der Waals surface area contributed by atoms with Crippen LogP contribution in [0.5, 0.6) is 0 Å². The smallest absolute Gasteiger partial charge is 0.162 e. The third-order valence-electron chi connectivity index (χ3n) is 4.88. The molecule has 1 fully saturated rings. The first-order valence-electron chi connectivity index (χ1n) is 8.77. The van der Waals surface area contributed by atoms with Crippen LogP contribution in [0, 0.1) is 0 Å². The molecule has 0 radical (unpaired) electrons. The van der Waals surface area contributed by atoms with Gasteiger partial charge in [-0.15, -0.1) is 0 Å². The molecular weight excluding hydrogens is 344 g/mol. The van der Waals surface area contributed by atoms with E-state index < -0.39 is 0 Å². The van der Waals surface area contributed by atoms with Crippen molar-refractivity contribution in [1.29, 1.82) is 0 Å². The van der Waals surface area contributed by atoms with Gasteiger partial charge in [0.2, 0.25) is 0 Å². The first-order valence-corrected chi connectivity index (χ1v) is 9.71. The van der Waals surface area contributed by atoms with Crippen LogP contribution in [0.2, 0.25) is 0 Å². The molecule has 1 aliphatic rings. The van der Waals surface area contributed by atoms with E-state index in [1.807, 2.05) is 10.7 Å². The Morgan fingerprint density at radius 2 is 2.12 bits per heavy atom. The number of rotatable bonds is 4. The average Bonchev–Trinajstić information content (AvgIpc) is 3.44. The molecule has 1 aliphatic heterocycles. The number of thiophene rings is 1. The van der Waals surface area contributed by atoms with Gasteiger partial charge in [0.1, 0.15) is 18.5 Å². The Morgan fingerprint density at radius 3 is 2.96 bits per heavy atom. The minimum Gasteiger partial charge on any atom is -0.351 e. The maximum absolute atomic E-state index is 4.98. The molecule has 6 nitrogen and oxygen atoms in total. The Labute approximate surface area is 155 Å². The topological polar surface area (TPSA) is 59.7 Å². The van der Waals surface area contributed by atoms with Crippen molar-refractivity contribution < 1.29 is 0 Å². The van der Waals surface area contributed by atoms with Gasteiger partial charge in [0.05, 0.1) is 18.1 Å². The van der Waals surface area contributed by atoms with Gasteiger partial charge >= 0.3 is 0 Å². The number of para-hydroxylation sites is 1. The van der Waals surface area contributed by atoms with Gasteiger partial charge in [0, 0.05) is 22.9 Å². The van der Waals surface area contributed by atoms with Gasteiger partial charge in [-0.25, -0.2) is 15.0 Å². The number of benzene rings is 1. The molecular formula is C19H18N6S. The van der Waals surface area contributed by atoms with E-state index in [4.69, 9.17) is 9.97 Å². The van der Waals surface area contributed by atoms with Gasteiger partial charge in [0.25, 0.3) is 0 Å². The second-order valence-electron chi connectivity index (χ2n) is 6.51. The van der Waals surface area contributed by atoms with E-state index in [0.29, 0.717) is 6.04 Å². The molecule has 0 N–H and O–H groups in total. The summed E-state index contributed by atoms with van der Waals surface area (Å²) in [5.41, 5.74) is 2.07. The Balaban J connectivity index is 1.60. The Bertz CT molecular complexity index is 1010. The minimum atomic E-state index is 0.366. The van der Waals surface area contributed by atoms with E-state index in [2.05, 4.69) is 50.0 Å². The summed E-state index contributed by atoms with van der Waals surface area (Å²) in [7, 11) is 0. The predicted octanol–water partition coefficient (Wildman–Crippen LogP) is 3.62. The summed E-state index contributed by atoms with van der Waals surface area (Å²) in [6, 6.07) is 10.7. The molecule has 3 aromatic heterocycles. The Kier molecular flexibility index (Phi) is 3.86. The van der Waals surface area contributed by atoms with Gasteiger partial charge in [-0.05, 0) is 36.4 Å². The number of hydrogen-bond acceptors (Lipinski definition) is 6. The van der Waals surface area contributed by atoms with Crippen LogP contribution in [0.4, 0.5) is 5.82 Å². The number of fused-ring (bicyclic) bond motifs is 1. The van der Waals surface area contributed by atoms with Crippen LogP contribution in [-0.4, -0.2) is 37.3 Å². The third-order valence-corrected chi connectivity index (χ3v) is 5.56. The summed E-state index contributed by atoms with van der Waals surface area (Å²) in [6.07, 6.45) is 5.66. The molecule has 7 heteroatoms. The second kappa shape index (κ2) is 6.49. The SMILES string of the molecule is c1ccc2c(N3CCC[C@H]3Cn3cncn3)nc(-c3ccsc3)nc2c1. The lowest BCUT2D eigenvalue weighted by Gasteiger charge is -2.27. The van der Waals surface area contributed by atoms with Crippen molar-refractivity contribution >= 4 is 28.1 Å². The Morgan fingerprint density at radius 1 is 1.15 bits per heavy atom. The second-order valence-corrected chi connectivity index (χ2v) is 7.29. The van der Waals surface area contributed by atoms with Gasteiger partial charge in [-0.3, -0.25) is 4.68 Å². The first kappa shape index (κ1) is 15.5. The fourth-order valence-electron chi connectivity index (χ4n) is 3.65. The summed E-state index contributed by atoms with van der Waals surface area (Å²) in [4.78, 5) is 16.3. The highest BCUT2D eigenvalue weighted by Gasteiger charge is 2.28. The van der Waals surface area contributed by atoms with Gasteiger partial charge in [-0.1, -0.05) is 12.1 Å². The number of hydrogen-bond donors (Lipinski definition) is 0. The van der Waals surface area contributed by atoms with Crippen molar-refractivity contribution in [3.63, 3.8) is 0 Å². The molecule has 1 atom stereocenters. The summed E-state index contributed by atoms with van der Waals surface area (Å²) in [5.74, 6) is 1.82. The average molecular weight is 362 g/mol. The van der Waals surface area contributed by atoms with Crippen LogP contribution in [0.25, 0.3) is 22.3 Å². The van der Waals surface area contributed by atoms with Crippen molar-refractivity contribution in [3.8, 4) is 11.4 Å². The number of nitrogens with zero attached hydrogens (tertiary/aromatic N) is 6. The highest BCUT2D eigenvalue weighted by Crippen LogP contribution is 2.33. The van der Waals surface area contributed by atoms with Gasteiger partial charge in [0.15, 0.2) is 5.82 Å². The van der Waals surface area contributed by atoms with Crippen LogP contribution in [0.1, 0.15) is 12.8 Å². The van der Waals surface area contributed by atoms with Crippen molar-refractivity contribution in [2.24, 2.45) is 0 Å². The maximum Gasteiger partial charge on any atom is 0.162 e. The predicted molar refractivity (Wildman–Crippen MR) is 103 cm³/mol. The third kappa shape index (κ3) is 2.74. The van der Waals surface area contributed by atoms with Crippen LogP contribution in [0.15, 0.2) is 53.7 Å². The van der Waals surface area contributed by atoms with E-state index in [-0.39, 0.29) is 0 Å². The molecule has 1 saturated heterocycles. The molecule has 4 aromatic rings. The standard InChI is InChI=1S/C19H18N6S/c1-2-6-17-16(5-1)19(23-18(22-17)14-7-9-26-11-14)25-8-3-4-15(25)10-24-13-20-12-21-24/h1-2,5-7,9,11-13,15H,3-4,8,10H2/t15-/m0/s1. The van der Waals surface area contributed by atoms with Crippen LogP contribution in [0.3, 0.4) is 0 Å². The molecule has 0 bridgehead atoms. The zero-order valence-electron chi connectivity index (χ0n) is 14.2. The maximum atomic E-state index is 4.98. The highest BCUT2D eigenvalue weighted by molar-refractivity contribution is 7.08. The fraction of sp³-hybridized carbons (Fsp3) is 0.263. The lowest BCUT2D eigenvalue weighted by molar-refractivity contribution is 0.507. The van der Waals surface area contributed by atoms with Crippen molar-refractivity contribution in [3.05, 3.63) is 53.7 Å². The first-order chi connectivity index (χ1) is 12.9. The number of anilines is 1. The van der Waals surface area contributed by atoms with Gasteiger partial charge in [-0.2, -0.15) is 16.4 Å². The Hall–Kier alpha value is -2.80. The van der Waals surface area contributed by atoms with Crippen LogP contribution >= 0.6 is 11.3 Å². The monoisotopic (exact) mass is 362 g/mol. The zero-order chi connectivity index (χ0) is 17.3. The molecule has 0 aliphatic carbocycles. The minimum absolute atomic E-state index is 0.366. The largest absolute Gasteiger partial charge is 0.351 e. The molecule has 5 rings (SSSR count). The molecule has 0 unspecified atom stereocenters. The fourth-order valence-corrected chi connectivity index (χ4v) is 4.28. The summed E-state index contributed by atoms with van der Waals surface area (Å²) >= 11 is 1.67. The molecule has 0 amide bonds. The summed E-state index contributed by atoms with van der Waals surface area (Å²) < 4.78 is 1.91. The van der Waals surface area contributed by atoms with E-state index in [1.54, 1.807) is 24.0 Å². The quantitative estimate of drug-likeness (QED) is 0.555. The normalized spacial score (nSPS) is 17.2. The van der Waals surface area contributed by atoms with Crippen LogP contribution in [-0.2, 0) is 6.54 Å². The van der Waals surface area contributed by atoms with Crippen molar-refractivity contribution in [1.82, 2.24) is 24.7 Å². The molecule has 0 saturated carbocycles. The lowest BCUT2D eigenvalue weighted by Crippen LogP contribution is -2.34. The van der Waals surface area contributed by atoms with Crippen molar-refractivity contribution in [2.75, 3.05) is 11.4 Å². The highest BCUT2D eigenvalue weighted by atomic mass is 32.1. The van der Waals surface area contributed by atoms with E-state index in [1.165, 1.54) is 0 Å². The molecule has 4 heterocycles. The number of aromatic nitrogens is 5. The van der Waals surface area contributed by atoms with Crippen molar-refractivity contribution in [2.45, 2.75) is 25.4 Å². The van der Waals surface area contributed by atoms with E-state index in [0.717, 1.165) is 54.0 Å². The molecule has 1 aromatic carbocycles. The van der Waals surface area contributed by atoms with E-state index >= 15 is 0 Å². The lowest BCUT2D eigenvalue weighted by atomic mass is 10.2. The molecule has 26 heavy (non-hydrogen) atoms. The van der Waals surface area contributed by atoms with Crippen LogP contribution < -0.4 is 4.90 Å².